The van der Waals surface area contributed by atoms with Gasteiger partial charge in [-0.2, -0.15) is 0 Å². The number of carbonyl (C=O) groups is 3. The van der Waals surface area contributed by atoms with Crippen molar-refractivity contribution in [1.29, 1.82) is 0 Å². The number of nitrogens with one attached hydrogen (secondary N) is 3. The number of aromatic nitrogens is 2. The number of aliphatic carboxylic acids is 1. The van der Waals surface area contributed by atoms with Gasteiger partial charge in [0.1, 0.15) is 24.4 Å². The highest BCUT2D eigenvalue weighted by Crippen LogP contribution is 2.27. The second kappa shape index (κ2) is 11.3. The van der Waals surface area contributed by atoms with Gasteiger partial charge in [0.05, 0.1) is 30.0 Å². The molecule has 1 heterocycles. The Morgan fingerprint density at radius 2 is 2.00 bits per heavy atom. The molecule has 11 nitrogen and oxygen atoms in total. The molecule has 7 N–H and O–H groups in total. The molecule has 32 heavy (non-hydrogen) atoms. The van der Waals surface area contributed by atoms with Gasteiger partial charge in [-0.1, -0.05) is 20.3 Å². The molecule has 0 saturated heterocycles. The summed E-state index contributed by atoms with van der Waals surface area (Å²) < 4.78 is 5.75. The van der Waals surface area contributed by atoms with Crippen molar-refractivity contribution in [2.75, 3.05) is 5.32 Å². The summed E-state index contributed by atoms with van der Waals surface area (Å²) in [6.45, 7) is 5.04. The van der Waals surface area contributed by atoms with Crippen LogP contribution in [0.4, 0.5) is 5.69 Å². The SMILES string of the molecule is CC[C@@H](C)[C@H](NC(=O)c1ccc(NC(=O)[C@@H](N)[C@@H](C)O)c(OCc2cnc[nH]2)c1)C(=O)O. The third kappa shape index (κ3) is 6.53. The molecule has 174 valence electrons. The zero-order valence-corrected chi connectivity index (χ0v) is 18.2. The molecule has 0 aliphatic rings. The molecule has 11 heteroatoms. The number of H-pyrrole nitrogens is 1. The summed E-state index contributed by atoms with van der Waals surface area (Å²) in [5.41, 5.74) is 6.71. The number of carbonyl (C=O) groups excluding carboxylic acids is 2. The van der Waals surface area contributed by atoms with E-state index in [0.29, 0.717) is 12.1 Å². The number of carboxylic acid groups (broad SMARTS) is 1. The molecule has 0 aliphatic heterocycles. The van der Waals surface area contributed by atoms with Crippen LogP contribution in [0.15, 0.2) is 30.7 Å². The number of anilines is 1. The van der Waals surface area contributed by atoms with Crippen LogP contribution in [0.3, 0.4) is 0 Å². The van der Waals surface area contributed by atoms with Gasteiger partial charge in [-0.25, -0.2) is 9.78 Å². The van der Waals surface area contributed by atoms with Crippen LogP contribution in [0, 0.1) is 5.92 Å². The van der Waals surface area contributed by atoms with Crippen molar-refractivity contribution >= 4 is 23.5 Å². The first-order chi connectivity index (χ1) is 15.1. The predicted octanol–water partition coefficient (Wildman–Crippen LogP) is 0.864. The van der Waals surface area contributed by atoms with Crippen molar-refractivity contribution in [3.63, 3.8) is 0 Å². The fraction of sp³-hybridized carbons (Fsp3) is 0.429. The van der Waals surface area contributed by atoms with E-state index in [4.69, 9.17) is 10.5 Å². The standard InChI is InChI=1S/C21H29N5O6/c1-4-11(2)18(21(30)31)26-19(28)13-5-6-15(25-20(29)17(22)12(3)27)16(7-13)32-9-14-8-23-10-24-14/h5-8,10-12,17-18,27H,4,9,22H2,1-3H3,(H,23,24)(H,25,29)(H,26,28)(H,30,31)/t11-,12-,17+,18+/m1/s1. The van der Waals surface area contributed by atoms with Crippen LogP contribution >= 0.6 is 0 Å². The van der Waals surface area contributed by atoms with E-state index in [0.717, 1.165) is 0 Å². The number of rotatable bonds is 11. The fourth-order valence-electron chi connectivity index (χ4n) is 2.75. The average Bonchev–Trinajstić information content (AvgIpc) is 3.28. The van der Waals surface area contributed by atoms with Gasteiger partial charge < -0.3 is 36.3 Å². The van der Waals surface area contributed by atoms with Crippen molar-refractivity contribution in [3.05, 3.63) is 42.0 Å². The number of aromatic amines is 1. The molecule has 2 aromatic rings. The van der Waals surface area contributed by atoms with Crippen molar-refractivity contribution in [2.24, 2.45) is 11.7 Å². The lowest BCUT2D eigenvalue weighted by molar-refractivity contribution is -0.140. The van der Waals surface area contributed by atoms with Gasteiger partial charge in [0, 0.05) is 5.56 Å². The third-order valence-corrected chi connectivity index (χ3v) is 5.03. The largest absolute Gasteiger partial charge is 0.485 e. The number of nitrogens with zero attached hydrogens (tertiary/aromatic N) is 1. The first-order valence-electron chi connectivity index (χ1n) is 10.2. The number of benzene rings is 1. The Kier molecular flexibility index (Phi) is 8.73. The maximum absolute atomic E-state index is 12.7. The van der Waals surface area contributed by atoms with E-state index in [1.807, 2.05) is 6.92 Å². The smallest absolute Gasteiger partial charge is 0.326 e. The minimum atomic E-state index is -1.16. The molecule has 0 bridgehead atoms. The summed E-state index contributed by atoms with van der Waals surface area (Å²) in [5.74, 6) is -2.46. The zero-order valence-electron chi connectivity index (χ0n) is 18.2. The molecule has 0 aliphatic carbocycles. The second-order valence-electron chi connectivity index (χ2n) is 7.51. The molecular formula is C21H29N5O6. The number of hydrogen-bond donors (Lipinski definition) is 6. The lowest BCUT2D eigenvalue weighted by Gasteiger charge is -2.21. The van der Waals surface area contributed by atoms with Gasteiger partial charge in [-0.3, -0.25) is 9.59 Å². The van der Waals surface area contributed by atoms with Crippen LogP contribution in [0.25, 0.3) is 0 Å². The number of nitrogens with two attached hydrogens (primary N) is 1. The molecular weight excluding hydrogens is 418 g/mol. The molecule has 2 amide bonds. The van der Waals surface area contributed by atoms with Crippen LogP contribution in [-0.2, 0) is 16.2 Å². The van der Waals surface area contributed by atoms with E-state index in [-0.39, 0.29) is 29.5 Å². The Balaban J connectivity index is 2.28. The number of imidazole rings is 1. The Bertz CT molecular complexity index is 931. The molecule has 1 aromatic carbocycles. The van der Waals surface area contributed by atoms with Crippen molar-refractivity contribution in [2.45, 2.75) is 52.0 Å². The van der Waals surface area contributed by atoms with Crippen LogP contribution in [-0.4, -0.2) is 56.2 Å². The summed E-state index contributed by atoms with van der Waals surface area (Å²) in [6, 6.07) is 2.06. The molecule has 0 saturated carbocycles. The highest BCUT2D eigenvalue weighted by molar-refractivity contribution is 6.00. The van der Waals surface area contributed by atoms with Crippen LogP contribution in [0.2, 0.25) is 0 Å². The van der Waals surface area contributed by atoms with E-state index < -0.39 is 36.0 Å². The minimum Gasteiger partial charge on any atom is -0.485 e. The van der Waals surface area contributed by atoms with Crippen LogP contribution < -0.4 is 21.1 Å². The summed E-state index contributed by atoms with van der Waals surface area (Å²) in [6.07, 6.45) is 2.54. The lowest BCUT2D eigenvalue weighted by atomic mass is 9.99. The number of ether oxygens (including phenoxy) is 1. The Morgan fingerprint density at radius 1 is 1.28 bits per heavy atom. The summed E-state index contributed by atoms with van der Waals surface area (Å²) in [5, 5.41) is 24.1. The normalized spacial score (nSPS) is 14.7. The average molecular weight is 447 g/mol. The summed E-state index contributed by atoms with van der Waals surface area (Å²) >= 11 is 0. The fourth-order valence-corrected chi connectivity index (χ4v) is 2.75. The van der Waals surface area contributed by atoms with E-state index in [9.17, 15) is 24.6 Å². The predicted molar refractivity (Wildman–Crippen MR) is 116 cm³/mol. The Labute approximate surface area is 185 Å². The van der Waals surface area contributed by atoms with E-state index >= 15 is 0 Å². The van der Waals surface area contributed by atoms with E-state index in [1.54, 1.807) is 13.1 Å². The number of aliphatic hydroxyl groups is 1. The van der Waals surface area contributed by atoms with Crippen molar-refractivity contribution < 1.29 is 29.3 Å². The van der Waals surface area contributed by atoms with E-state index in [1.165, 1.54) is 31.5 Å². The first kappa shape index (κ1) is 24.8. The number of hydrogen-bond acceptors (Lipinski definition) is 7. The molecule has 4 atom stereocenters. The maximum atomic E-state index is 12.7. The molecule has 2 rings (SSSR count). The first-order valence-corrected chi connectivity index (χ1v) is 10.2. The van der Waals surface area contributed by atoms with Crippen LogP contribution in [0.1, 0.15) is 43.2 Å². The zero-order chi connectivity index (χ0) is 23.8. The van der Waals surface area contributed by atoms with Gasteiger partial charge in [-0.15, -0.1) is 0 Å². The van der Waals surface area contributed by atoms with Crippen LogP contribution in [0.5, 0.6) is 5.75 Å². The minimum absolute atomic E-state index is 0.0705. The molecule has 0 unspecified atom stereocenters. The summed E-state index contributed by atoms with van der Waals surface area (Å²) in [7, 11) is 0. The molecule has 0 spiro atoms. The van der Waals surface area contributed by atoms with Gasteiger partial charge in [-0.05, 0) is 31.0 Å². The maximum Gasteiger partial charge on any atom is 0.326 e. The van der Waals surface area contributed by atoms with Gasteiger partial charge in [0.15, 0.2) is 0 Å². The van der Waals surface area contributed by atoms with Crippen molar-refractivity contribution in [3.8, 4) is 5.75 Å². The summed E-state index contributed by atoms with van der Waals surface area (Å²) in [4.78, 5) is 43.3. The van der Waals surface area contributed by atoms with Crippen molar-refractivity contribution in [1.82, 2.24) is 15.3 Å². The number of carboxylic acids is 1. The highest BCUT2D eigenvalue weighted by Gasteiger charge is 2.26. The number of amides is 2. The van der Waals surface area contributed by atoms with Gasteiger partial charge in [0.25, 0.3) is 5.91 Å². The van der Waals surface area contributed by atoms with Gasteiger partial charge in [0.2, 0.25) is 5.91 Å². The topological polar surface area (TPSA) is 180 Å². The molecule has 0 fully saturated rings. The molecule has 1 aromatic heterocycles. The monoisotopic (exact) mass is 447 g/mol. The Morgan fingerprint density at radius 3 is 2.56 bits per heavy atom. The highest BCUT2D eigenvalue weighted by atomic mass is 16.5. The molecule has 0 radical (unpaired) electrons. The second-order valence-corrected chi connectivity index (χ2v) is 7.51. The Hall–Kier alpha value is -3.44. The number of aliphatic hydroxyl groups excluding tert-OH is 1. The van der Waals surface area contributed by atoms with E-state index in [2.05, 4.69) is 20.6 Å². The third-order valence-electron chi connectivity index (χ3n) is 5.03. The quantitative estimate of drug-likeness (QED) is 0.293. The van der Waals surface area contributed by atoms with Gasteiger partial charge >= 0.3 is 5.97 Å². The lowest BCUT2D eigenvalue weighted by Crippen LogP contribution is -2.45.